The number of rotatable bonds is 3. The molecule has 1 aliphatic rings. The van der Waals surface area contributed by atoms with Gasteiger partial charge >= 0.3 is 5.97 Å². The molecule has 0 unspecified atom stereocenters. The summed E-state index contributed by atoms with van der Waals surface area (Å²) in [7, 11) is 0. The predicted molar refractivity (Wildman–Crippen MR) is 119 cm³/mol. The number of hydrogen-bond donors (Lipinski definition) is 0. The van der Waals surface area contributed by atoms with Gasteiger partial charge in [0.1, 0.15) is 5.75 Å². The zero-order valence-corrected chi connectivity index (χ0v) is 18.7. The summed E-state index contributed by atoms with van der Waals surface area (Å²) in [5.74, 6) is -0.211. The third-order valence-electron chi connectivity index (χ3n) is 5.41. The van der Waals surface area contributed by atoms with E-state index in [1.807, 2.05) is 29.2 Å². The van der Waals surface area contributed by atoms with Crippen molar-refractivity contribution < 1.29 is 19.1 Å². The highest BCUT2D eigenvalue weighted by molar-refractivity contribution is 5.96. The summed E-state index contributed by atoms with van der Waals surface area (Å²) >= 11 is 0. The molecule has 6 nitrogen and oxygen atoms in total. The Morgan fingerprint density at radius 2 is 1.39 bits per heavy atom. The molecular weight excluding hydrogens is 392 g/mol. The predicted octanol–water partition coefficient (Wildman–Crippen LogP) is 3.90. The topological polar surface area (TPSA) is 66.9 Å². The lowest BCUT2D eigenvalue weighted by Crippen LogP contribution is -2.37. The van der Waals surface area contributed by atoms with Gasteiger partial charge in [0.2, 0.25) is 0 Å². The van der Waals surface area contributed by atoms with Crippen LogP contribution in [0, 0.1) is 0 Å². The molecule has 1 fully saturated rings. The average molecular weight is 423 g/mol. The Morgan fingerprint density at radius 3 is 1.94 bits per heavy atom. The fourth-order valence-corrected chi connectivity index (χ4v) is 3.66. The van der Waals surface area contributed by atoms with E-state index in [1.54, 1.807) is 29.2 Å². The second-order valence-electron chi connectivity index (χ2n) is 8.89. The minimum atomic E-state index is -0.427. The van der Waals surface area contributed by atoms with Crippen LogP contribution in [-0.4, -0.2) is 53.8 Å². The van der Waals surface area contributed by atoms with Crippen LogP contribution in [0.25, 0.3) is 0 Å². The maximum Gasteiger partial charge on any atom is 0.308 e. The van der Waals surface area contributed by atoms with E-state index in [2.05, 4.69) is 20.8 Å². The number of hydrogen-bond acceptors (Lipinski definition) is 4. The van der Waals surface area contributed by atoms with Gasteiger partial charge in [0.25, 0.3) is 11.8 Å². The number of ether oxygens (including phenoxy) is 1. The molecule has 6 heteroatoms. The molecule has 0 radical (unpaired) electrons. The Bertz CT molecular complexity index is 960. The van der Waals surface area contributed by atoms with Crippen molar-refractivity contribution in [3.63, 3.8) is 0 Å². The molecule has 1 aliphatic heterocycles. The molecule has 0 atom stereocenters. The Morgan fingerprint density at radius 1 is 0.806 bits per heavy atom. The van der Waals surface area contributed by atoms with E-state index in [0.717, 1.165) is 0 Å². The van der Waals surface area contributed by atoms with Crippen LogP contribution in [0.5, 0.6) is 5.75 Å². The quantitative estimate of drug-likeness (QED) is 0.556. The van der Waals surface area contributed by atoms with Gasteiger partial charge in [-0.15, -0.1) is 0 Å². The van der Waals surface area contributed by atoms with E-state index in [1.165, 1.54) is 12.5 Å². The van der Waals surface area contributed by atoms with Gasteiger partial charge in [-0.05, 0) is 47.7 Å². The summed E-state index contributed by atoms with van der Waals surface area (Å²) in [6.45, 7) is 9.88. The molecule has 2 aromatic rings. The van der Waals surface area contributed by atoms with Crippen molar-refractivity contribution in [3.05, 3.63) is 65.2 Å². The van der Waals surface area contributed by atoms with Crippen LogP contribution in [0.15, 0.2) is 48.5 Å². The monoisotopic (exact) mass is 422 g/mol. The fraction of sp³-hybridized carbons (Fsp3) is 0.400. The largest absolute Gasteiger partial charge is 0.427 e. The number of carbonyl (C=O) groups excluding carboxylic acids is 3. The lowest BCUT2D eigenvalue weighted by Gasteiger charge is -2.23. The van der Waals surface area contributed by atoms with Crippen LogP contribution < -0.4 is 4.74 Å². The first-order valence-electron chi connectivity index (χ1n) is 10.6. The lowest BCUT2D eigenvalue weighted by molar-refractivity contribution is -0.131. The maximum absolute atomic E-state index is 13.0. The SMILES string of the molecule is CC(=O)Oc1cccc(C(=O)N2CCCN(C(=O)c3ccc(C(C)(C)C)cc3)CC2)c1. The number of amides is 2. The second kappa shape index (κ2) is 9.33. The van der Waals surface area contributed by atoms with Crippen molar-refractivity contribution in [2.24, 2.45) is 0 Å². The maximum atomic E-state index is 13.0. The lowest BCUT2D eigenvalue weighted by atomic mass is 9.86. The van der Waals surface area contributed by atoms with Gasteiger partial charge in [-0.2, -0.15) is 0 Å². The van der Waals surface area contributed by atoms with Gasteiger partial charge in [0.15, 0.2) is 0 Å². The highest BCUT2D eigenvalue weighted by Crippen LogP contribution is 2.23. The molecule has 0 aromatic heterocycles. The molecule has 31 heavy (non-hydrogen) atoms. The van der Waals surface area contributed by atoms with Crippen LogP contribution in [-0.2, 0) is 10.2 Å². The summed E-state index contributed by atoms with van der Waals surface area (Å²) in [5.41, 5.74) is 2.36. The van der Waals surface area contributed by atoms with Crippen LogP contribution in [0.1, 0.15) is 60.4 Å². The van der Waals surface area contributed by atoms with Crippen LogP contribution in [0.4, 0.5) is 0 Å². The van der Waals surface area contributed by atoms with Crippen molar-refractivity contribution in [2.45, 2.75) is 39.5 Å². The second-order valence-corrected chi connectivity index (χ2v) is 8.89. The zero-order valence-electron chi connectivity index (χ0n) is 18.7. The number of benzene rings is 2. The first-order valence-corrected chi connectivity index (χ1v) is 10.6. The van der Waals surface area contributed by atoms with Crippen LogP contribution >= 0.6 is 0 Å². The van der Waals surface area contributed by atoms with Crippen molar-refractivity contribution >= 4 is 17.8 Å². The number of carbonyl (C=O) groups is 3. The molecule has 0 bridgehead atoms. The first-order chi connectivity index (χ1) is 14.6. The molecule has 0 saturated carbocycles. The van der Waals surface area contributed by atoms with E-state index in [-0.39, 0.29) is 17.2 Å². The molecule has 1 saturated heterocycles. The van der Waals surface area contributed by atoms with E-state index < -0.39 is 5.97 Å². The van der Waals surface area contributed by atoms with Crippen LogP contribution in [0.3, 0.4) is 0 Å². The highest BCUT2D eigenvalue weighted by atomic mass is 16.5. The normalized spacial score (nSPS) is 14.7. The Hall–Kier alpha value is -3.15. The molecule has 2 aromatic carbocycles. The fourth-order valence-electron chi connectivity index (χ4n) is 3.66. The molecule has 3 rings (SSSR count). The van der Waals surface area contributed by atoms with Gasteiger partial charge in [-0.1, -0.05) is 39.0 Å². The van der Waals surface area contributed by atoms with Crippen molar-refractivity contribution in [2.75, 3.05) is 26.2 Å². The molecule has 0 aliphatic carbocycles. The van der Waals surface area contributed by atoms with Crippen molar-refractivity contribution in [3.8, 4) is 5.75 Å². The zero-order chi connectivity index (χ0) is 22.6. The van der Waals surface area contributed by atoms with Gasteiger partial charge in [0.05, 0.1) is 0 Å². The molecule has 0 spiro atoms. The minimum Gasteiger partial charge on any atom is -0.427 e. The standard InChI is InChI=1S/C25H30N2O4/c1-18(28)31-22-8-5-7-20(17-22)24(30)27-14-6-13-26(15-16-27)23(29)19-9-11-21(12-10-19)25(2,3)4/h5,7-12,17H,6,13-16H2,1-4H3. The smallest absolute Gasteiger partial charge is 0.308 e. The Kier molecular flexibility index (Phi) is 6.78. The summed E-state index contributed by atoms with van der Waals surface area (Å²) in [4.78, 5) is 40.7. The van der Waals surface area contributed by atoms with Gasteiger partial charge in [-0.25, -0.2) is 0 Å². The summed E-state index contributed by atoms with van der Waals surface area (Å²) < 4.78 is 5.08. The third kappa shape index (κ3) is 5.72. The Balaban J connectivity index is 1.65. The molecule has 2 amide bonds. The van der Waals surface area contributed by atoms with Crippen molar-refractivity contribution in [1.82, 2.24) is 9.80 Å². The van der Waals surface area contributed by atoms with Crippen molar-refractivity contribution in [1.29, 1.82) is 0 Å². The van der Waals surface area contributed by atoms with Gasteiger partial charge in [-0.3, -0.25) is 14.4 Å². The van der Waals surface area contributed by atoms with Gasteiger partial charge in [0, 0.05) is 44.2 Å². The molecule has 1 heterocycles. The van der Waals surface area contributed by atoms with E-state index in [9.17, 15) is 14.4 Å². The highest BCUT2D eigenvalue weighted by Gasteiger charge is 2.24. The van der Waals surface area contributed by atoms with E-state index >= 15 is 0 Å². The molecule has 164 valence electrons. The summed E-state index contributed by atoms with van der Waals surface area (Å²) in [6, 6.07) is 14.4. The summed E-state index contributed by atoms with van der Waals surface area (Å²) in [6.07, 6.45) is 0.710. The summed E-state index contributed by atoms with van der Waals surface area (Å²) in [5, 5.41) is 0. The first kappa shape index (κ1) is 22.5. The van der Waals surface area contributed by atoms with Gasteiger partial charge < -0.3 is 14.5 Å². The third-order valence-corrected chi connectivity index (χ3v) is 5.41. The minimum absolute atomic E-state index is 0.00777. The van der Waals surface area contributed by atoms with Crippen LogP contribution in [0.2, 0.25) is 0 Å². The molecule has 0 N–H and O–H groups in total. The molecular formula is C25H30N2O4. The Labute approximate surface area is 183 Å². The van der Waals surface area contributed by atoms with E-state index in [0.29, 0.717) is 49.5 Å². The average Bonchev–Trinajstić information content (AvgIpc) is 2.98. The van der Waals surface area contributed by atoms with E-state index in [4.69, 9.17) is 4.74 Å². The number of nitrogens with zero attached hydrogens (tertiary/aromatic N) is 2. The number of esters is 1.